The first-order chi connectivity index (χ1) is 17.3. The number of methoxy groups -OCH3 is 2. The molecule has 1 fully saturated rings. The summed E-state index contributed by atoms with van der Waals surface area (Å²) in [5.74, 6) is 0.130. The Kier molecular flexibility index (Phi) is 9.36. The predicted molar refractivity (Wildman–Crippen MR) is 139 cm³/mol. The number of likely N-dealkylation sites (tertiary alicyclic amines) is 1. The molecule has 2 aromatic carbocycles. The highest BCUT2D eigenvalue weighted by Crippen LogP contribution is 2.42. The summed E-state index contributed by atoms with van der Waals surface area (Å²) in [4.78, 5) is 29.9. The summed E-state index contributed by atoms with van der Waals surface area (Å²) in [6.07, 6.45) is 2.65. The minimum Gasteiger partial charge on any atom is -0.507 e. The second-order valence-electron chi connectivity index (χ2n) is 8.99. The van der Waals surface area contributed by atoms with Gasteiger partial charge >= 0.3 is 0 Å². The van der Waals surface area contributed by atoms with Gasteiger partial charge in [0.1, 0.15) is 11.5 Å². The van der Waals surface area contributed by atoms with Crippen LogP contribution in [0.3, 0.4) is 0 Å². The van der Waals surface area contributed by atoms with Crippen LogP contribution in [0, 0.1) is 0 Å². The molecular weight excluding hydrogens is 460 g/mol. The minimum atomic E-state index is -0.757. The number of carbonyl (C=O) groups excluding carboxylic acids is 2. The third kappa shape index (κ3) is 5.99. The number of hydrogen-bond donors (Lipinski definition) is 1. The summed E-state index contributed by atoms with van der Waals surface area (Å²) in [6.45, 7) is 3.82. The van der Waals surface area contributed by atoms with Crippen molar-refractivity contribution < 1.29 is 28.9 Å². The molecule has 1 N–H and O–H groups in total. The van der Waals surface area contributed by atoms with Crippen LogP contribution in [0.15, 0.2) is 48.0 Å². The van der Waals surface area contributed by atoms with Crippen LogP contribution in [-0.4, -0.2) is 74.6 Å². The van der Waals surface area contributed by atoms with Crippen LogP contribution in [0.25, 0.3) is 5.76 Å². The van der Waals surface area contributed by atoms with E-state index >= 15 is 0 Å². The van der Waals surface area contributed by atoms with Crippen molar-refractivity contribution in [3.8, 4) is 17.2 Å². The molecule has 36 heavy (non-hydrogen) atoms. The Morgan fingerprint density at radius 2 is 1.69 bits per heavy atom. The van der Waals surface area contributed by atoms with Crippen molar-refractivity contribution in [2.24, 2.45) is 0 Å². The summed E-state index contributed by atoms with van der Waals surface area (Å²) in [5, 5.41) is 11.3. The molecule has 8 heteroatoms. The molecule has 2 aromatic rings. The Labute approximate surface area is 213 Å². The molecule has 1 saturated heterocycles. The number of Topliss-reactive ketones (excluding diaryl/α,β-unsaturated/α-hetero) is 1. The summed E-state index contributed by atoms with van der Waals surface area (Å²) in [6, 6.07) is 11.4. The molecule has 0 spiro atoms. The number of ketones is 1. The molecule has 1 aliphatic rings. The lowest BCUT2D eigenvalue weighted by Gasteiger charge is -2.26. The van der Waals surface area contributed by atoms with Crippen molar-refractivity contribution >= 4 is 17.4 Å². The van der Waals surface area contributed by atoms with Gasteiger partial charge in [-0.25, -0.2) is 0 Å². The fourth-order valence-electron chi connectivity index (χ4n) is 4.24. The quantitative estimate of drug-likeness (QED) is 0.203. The molecule has 1 aliphatic heterocycles. The van der Waals surface area contributed by atoms with Gasteiger partial charge in [-0.2, -0.15) is 0 Å². The first kappa shape index (κ1) is 27.1. The molecule has 0 unspecified atom stereocenters. The molecule has 3 rings (SSSR count). The van der Waals surface area contributed by atoms with Crippen LogP contribution >= 0.6 is 0 Å². The van der Waals surface area contributed by atoms with Gasteiger partial charge in [-0.05, 0) is 75.4 Å². The molecule has 0 bridgehead atoms. The lowest BCUT2D eigenvalue weighted by Crippen LogP contribution is -2.32. The molecule has 1 atom stereocenters. The highest BCUT2D eigenvalue weighted by Gasteiger charge is 2.46. The minimum absolute atomic E-state index is 0.0525. The second kappa shape index (κ2) is 12.4. The lowest BCUT2D eigenvalue weighted by atomic mass is 9.95. The van der Waals surface area contributed by atoms with Crippen LogP contribution in [0.2, 0.25) is 0 Å². The van der Waals surface area contributed by atoms with Gasteiger partial charge in [0.2, 0.25) is 0 Å². The number of amides is 1. The van der Waals surface area contributed by atoms with Crippen LogP contribution in [0.1, 0.15) is 43.4 Å². The molecule has 8 nitrogen and oxygen atoms in total. The second-order valence-corrected chi connectivity index (χ2v) is 8.99. The Balaban J connectivity index is 2.04. The lowest BCUT2D eigenvalue weighted by molar-refractivity contribution is -0.139. The Hall–Kier alpha value is -3.52. The van der Waals surface area contributed by atoms with Crippen LogP contribution in [0.4, 0.5) is 0 Å². The maximum absolute atomic E-state index is 13.2. The normalized spacial score (nSPS) is 17.1. The smallest absolute Gasteiger partial charge is 0.295 e. The zero-order valence-corrected chi connectivity index (χ0v) is 21.7. The number of benzene rings is 2. The van der Waals surface area contributed by atoms with Gasteiger partial charge in [-0.1, -0.05) is 19.4 Å². The van der Waals surface area contributed by atoms with Crippen molar-refractivity contribution in [3.63, 3.8) is 0 Å². The van der Waals surface area contributed by atoms with E-state index in [0.717, 1.165) is 19.4 Å². The zero-order valence-electron chi connectivity index (χ0n) is 21.7. The fourth-order valence-corrected chi connectivity index (χ4v) is 4.24. The van der Waals surface area contributed by atoms with Gasteiger partial charge in [0.15, 0.2) is 11.5 Å². The van der Waals surface area contributed by atoms with Gasteiger partial charge in [-0.15, -0.1) is 0 Å². The number of nitrogens with zero attached hydrogens (tertiary/aromatic N) is 2. The Morgan fingerprint density at radius 1 is 1.00 bits per heavy atom. The number of hydrogen-bond acceptors (Lipinski definition) is 7. The van der Waals surface area contributed by atoms with E-state index in [1.54, 1.807) is 49.6 Å². The van der Waals surface area contributed by atoms with E-state index in [2.05, 4.69) is 6.92 Å². The summed E-state index contributed by atoms with van der Waals surface area (Å²) < 4.78 is 16.5. The maximum atomic E-state index is 13.2. The van der Waals surface area contributed by atoms with Crippen LogP contribution < -0.4 is 14.2 Å². The average molecular weight is 497 g/mol. The first-order valence-electron chi connectivity index (χ1n) is 12.2. The van der Waals surface area contributed by atoms with E-state index in [9.17, 15) is 14.7 Å². The highest BCUT2D eigenvalue weighted by atomic mass is 16.5. The number of aliphatic hydroxyl groups excluding tert-OH is 1. The molecule has 0 radical (unpaired) electrons. The van der Waals surface area contributed by atoms with Crippen LogP contribution in [-0.2, 0) is 9.59 Å². The van der Waals surface area contributed by atoms with Gasteiger partial charge in [0, 0.05) is 12.1 Å². The fraction of sp³-hybridized carbons (Fsp3) is 0.429. The molecule has 194 valence electrons. The van der Waals surface area contributed by atoms with Gasteiger partial charge in [-0.3, -0.25) is 9.59 Å². The van der Waals surface area contributed by atoms with Crippen molar-refractivity contribution in [2.75, 3.05) is 48.0 Å². The van der Waals surface area contributed by atoms with E-state index in [4.69, 9.17) is 14.2 Å². The number of unbranched alkanes of at least 4 members (excludes halogenated alkanes) is 1. The standard InChI is InChI=1S/C28H36N2O6/c1-6-7-17-36-21-12-9-19(10-13-21)26(31)24-25(20-11-14-22(34-4)23(18-20)35-5)30(28(33)27(24)32)16-8-15-29(2)3/h9-14,18,25,31H,6-8,15-17H2,1-5H3/t25-/m0/s1. The highest BCUT2D eigenvalue weighted by molar-refractivity contribution is 6.46. The molecule has 1 amide bonds. The SMILES string of the molecule is CCCCOc1ccc(C(O)=C2C(=O)C(=O)N(CCCN(C)C)[C@H]2c2ccc(OC)c(OC)c2)cc1. The van der Waals surface area contributed by atoms with E-state index in [1.807, 2.05) is 19.0 Å². The van der Waals surface area contributed by atoms with E-state index < -0.39 is 17.7 Å². The average Bonchev–Trinajstić information content (AvgIpc) is 3.13. The van der Waals surface area contributed by atoms with Gasteiger partial charge in [0.25, 0.3) is 11.7 Å². The topological polar surface area (TPSA) is 88.5 Å². The summed E-state index contributed by atoms with van der Waals surface area (Å²) in [5.41, 5.74) is 1.14. The van der Waals surface area contributed by atoms with E-state index in [1.165, 1.54) is 12.0 Å². The van der Waals surface area contributed by atoms with E-state index in [0.29, 0.717) is 47.9 Å². The first-order valence-corrected chi connectivity index (χ1v) is 12.2. The van der Waals surface area contributed by atoms with Crippen molar-refractivity contribution in [1.82, 2.24) is 9.80 Å². The summed E-state index contributed by atoms with van der Waals surface area (Å²) in [7, 11) is 6.98. The number of ether oxygens (including phenoxy) is 3. The zero-order chi connectivity index (χ0) is 26.2. The van der Waals surface area contributed by atoms with E-state index in [-0.39, 0.29) is 11.3 Å². The van der Waals surface area contributed by atoms with Crippen molar-refractivity contribution in [2.45, 2.75) is 32.2 Å². The predicted octanol–water partition coefficient (Wildman–Crippen LogP) is 4.26. The third-order valence-electron chi connectivity index (χ3n) is 6.16. The number of rotatable bonds is 12. The third-order valence-corrected chi connectivity index (χ3v) is 6.16. The Morgan fingerprint density at radius 3 is 2.31 bits per heavy atom. The monoisotopic (exact) mass is 496 g/mol. The van der Waals surface area contributed by atoms with Gasteiger partial charge < -0.3 is 29.1 Å². The Bertz CT molecular complexity index is 1090. The van der Waals surface area contributed by atoms with Crippen molar-refractivity contribution in [3.05, 3.63) is 59.2 Å². The maximum Gasteiger partial charge on any atom is 0.295 e. The molecule has 0 saturated carbocycles. The number of aliphatic hydroxyl groups is 1. The largest absolute Gasteiger partial charge is 0.507 e. The molecule has 0 aromatic heterocycles. The molecule has 0 aliphatic carbocycles. The summed E-state index contributed by atoms with van der Waals surface area (Å²) >= 11 is 0. The van der Waals surface area contributed by atoms with Gasteiger partial charge in [0.05, 0.1) is 32.4 Å². The molecule has 1 heterocycles. The van der Waals surface area contributed by atoms with Crippen LogP contribution in [0.5, 0.6) is 17.2 Å². The number of carbonyl (C=O) groups is 2. The van der Waals surface area contributed by atoms with Crippen molar-refractivity contribution in [1.29, 1.82) is 0 Å². The molecular formula is C28H36N2O6.